The third-order valence-corrected chi connectivity index (χ3v) is 3.34. The molecule has 0 aromatic carbocycles. The molecule has 2 unspecified atom stereocenters. The standard InChI is InChI=1S/C14H25N3O/c1-4-6-7-13(15)14(18)10-12-8-9-17(16-12)11(3)5-2/h8-9,11,13H,4-7,10,15H2,1-3H3. The van der Waals surface area contributed by atoms with Crippen molar-refractivity contribution in [3.8, 4) is 0 Å². The lowest BCUT2D eigenvalue weighted by Crippen LogP contribution is -2.31. The molecule has 0 saturated carbocycles. The monoisotopic (exact) mass is 251 g/mol. The van der Waals surface area contributed by atoms with Gasteiger partial charge in [0.2, 0.25) is 0 Å². The van der Waals surface area contributed by atoms with Gasteiger partial charge in [0.15, 0.2) is 5.78 Å². The summed E-state index contributed by atoms with van der Waals surface area (Å²) in [5.41, 5.74) is 6.69. The minimum atomic E-state index is -0.335. The molecule has 0 aliphatic heterocycles. The Balaban J connectivity index is 2.51. The third-order valence-electron chi connectivity index (χ3n) is 3.34. The Morgan fingerprint density at radius 3 is 2.83 bits per heavy atom. The third kappa shape index (κ3) is 4.26. The van der Waals surface area contributed by atoms with Gasteiger partial charge in [-0.3, -0.25) is 9.48 Å². The normalized spacial score (nSPS) is 14.4. The number of carbonyl (C=O) groups excluding carboxylic acids is 1. The van der Waals surface area contributed by atoms with Gasteiger partial charge in [0, 0.05) is 12.2 Å². The quantitative estimate of drug-likeness (QED) is 0.772. The SMILES string of the molecule is CCCCC(N)C(=O)Cc1ccn(C(C)CC)n1. The molecule has 4 heteroatoms. The predicted molar refractivity (Wildman–Crippen MR) is 73.4 cm³/mol. The smallest absolute Gasteiger partial charge is 0.155 e. The lowest BCUT2D eigenvalue weighted by Gasteiger charge is -2.09. The van der Waals surface area contributed by atoms with E-state index in [1.165, 1.54) is 0 Å². The summed E-state index contributed by atoms with van der Waals surface area (Å²) >= 11 is 0. The van der Waals surface area contributed by atoms with Crippen LogP contribution in [0.4, 0.5) is 0 Å². The Labute approximate surface area is 110 Å². The molecular weight excluding hydrogens is 226 g/mol. The van der Waals surface area contributed by atoms with E-state index in [9.17, 15) is 4.79 Å². The van der Waals surface area contributed by atoms with Crippen LogP contribution >= 0.6 is 0 Å². The molecule has 0 aliphatic rings. The van der Waals surface area contributed by atoms with Gasteiger partial charge in [-0.25, -0.2) is 0 Å². The molecular formula is C14H25N3O. The summed E-state index contributed by atoms with van der Waals surface area (Å²) in [6.45, 7) is 6.34. The maximum atomic E-state index is 11.9. The second kappa shape index (κ2) is 7.31. The molecule has 0 bridgehead atoms. The predicted octanol–water partition coefficient (Wildman–Crippen LogP) is 2.48. The molecule has 102 valence electrons. The summed E-state index contributed by atoms with van der Waals surface area (Å²) in [6, 6.07) is 1.96. The molecule has 2 N–H and O–H groups in total. The highest BCUT2D eigenvalue weighted by molar-refractivity contribution is 5.85. The largest absolute Gasteiger partial charge is 0.321 e. The van der Waals surface area contributed by atoms with Crippen LogP contribution in [0, 0.1) is 0 Å². The summed E-state index contributed by atoms with van der Waals surface area (Å²) in [4.78, 5) is 11.9. The van der Waals surface area contributed by atoms with E-state index < -0.39 is 0 Å². The van der Waals surface area contributed by atoms with Crippen molar-refractivity contribution in [3.63, 3.8) is 0 Å². The number of nitrogens with two attached hydrogens (primary N) is 1. The maximum absolute atomic E-state index is 11.9. The van der Waals surface area contributed by atoms with Gasteiger partial charge >= 0.3 is 0 Å². The average molecular weight is 251 g/mol. The van der Waals surface area contributed by atoms with Crippen molar-refractivity contribution in [3.05, 3.63) is 18.0 Å². The molecule has 1 rings (SSSR count). The number of Topliss-reactive ketones (excluding diaryl/α,β-unsaturated/α-hetero) is 1. The van der Waals surface area contributed by atoms with E-state index in [0.717, 1.165) is 31.4 Å². The van der Waals surface area contributed by atoms with Crippen LogP contribution in [0.2, 0.25) is 0 Å². The highest BCUT2D eigenvalue weighted by atomic mass is 16.1. The van der Waals surface area contributed by atoms with Gasteiger partial charge in [-0.05, 0) is 25.8 Å². The minimum absolute atomic E-state index is 0.0952. The molecule has 0 spiro atoms. The minimum Gasteiger partial charge on any atom is -0.321 e. The van der Waals surface area contributed by atoms with Crippen molar-refractivity contribution in [2.24, 2.45) is 5.73 Å². The topological polar surface area (TPSA) is 60.9 Å². The van der Waals surface area contributed by atoms with E-state index in [1.54, 1.807) is 0 Å². The number of rotatable bonds is 8. The first-order valence-electron chi connectivity index (χ1n) is 6.90. The Morgan fingerprint density at radius 1 is 1.50 bits per heavy atom. The second-order valence-electron chi connectivity index (χ2n) is 4.94. The molecule has 0 fully saturated rings. The molecule has 0 amide bonds. The van der Waals surface area contributed by atoms with Crippen LogP contribution in [-0.4, -0.2) is 21.6 Å². The Kier molecular flexibility index (Phi) is 6.05. The molecule has 1 aromatic rings. The zero-order valence-electron chi connectivity index (χ0n) is 11.7. The maximum Gasteiger partial charge on any atom is 0.155 e. The molecule has 18 heavy (non-hydrogen) atoms. The molecule has 1 aromatic heterocycles. The Hall–Kier alpha value is -1.16. The van der Waals surface area contributed by atoms with Crippen LogP contribution in [-0.2, 0) is 11.2 Å². The fourth-order valence-corrected chi connectivity index (χ4v) is 1.80. The molecule has 0 radical (unpaired) electrons. The average Bonchev–Trinajstić information content (AvgIpc) is 2.83. The van der Waals surface area contributed by atoms with E-state index in [-0.39, 0.29) is 11.8 Å². The molecule has 4 nitrogen and oxygen atoms in total. The summed E-state index contributed by atoms with van der Waals surface area (Å²) < 4.78 is 1.92. The van der Waals surface area contributed by atoms with E-state index in [1.807, 2.05) is 16.9 Å². The van der Waals surface area contributed by atoms with Gasteiger partial charge < -0.3 is 5.73 Å². The highest BCUT2D eigenvalue weighted by Crippen LogP contribution is 2.10. The zero-order valence-corrected chi connectivity index (χ0v) is 11.7. The van der Waals surface area contributed by atoms with Crippen LogP contribution < -0.4 is 5.73 Å². The number of hydrogen-bond donors (Lipinski definition) is 1. The van der Waals surface area contributed by atoms with Crippen molar-refractivity contribution in [1.29, 1.82) is 0 Å². The van der Waals surface area contributed by atoms with Gasteiger partial charge in [0.1, 0.15) is 0 Å². The van der Waals surface area contributed by atoms with Crippen molar-refractivity contribution < 1.29 is 4.79 Å². The van der Waals surface area contributed by atoms with E-state index >= 15 is 0 Å². The summed E-state index contributed by atoms with van der Waals surface area (Å²) in [6.07, 6.45) is 6.19. The summed E-state index contributed by atoms with van der Waals surface area (Å²) in [5, 5.41) is 4.42. The number of hydrogen-bond acceptors (Lipinski definition) is 3. The van der Waals surface area contributed by atoms with Crippen molar-refractivity contribution >= 4 is 5.78 Å². The van der Waals surface area contributed by atoms with E-state index in [0.29, 0.717) is 12.5 Å². The van der Waals surface area contributed by atoms with Crippen LogP contribution in [0.15, 0.2) is 12.3 Å². The van der Waals surface area contributed by atoms with Gasteiger partial charge in [0.05, 0.1) is 18.2 Å². The van der Waals surface area contributed by atoms with E-state index in [2.05, 4.69) is 25.9 Å². The zero-order chi connectivity index (χ0) is 13.5. The van der Waals surface area contributed by atoms with Gasteiger partial charge in [-0.2, -0.15) is 5.10 Å². The first-order chi connectivity index (χ1) is 8.58. The van der Waals surface area contributed by atoms with Crippen LogP contribution in [0.25, 0.3) is 0 Å². The van der Waals surface area contributed by atoms with Gasteiger partial charge in [-0.15, -0.1) is 0 Å². The highest BCUT2D eigenvalue weighted by Gasteiger charge is 2.15. The second-order valence-corrected chi connectivity index (χ2v) is 4.94. The number of unbranched alkanes of at least 4 members (excludes halogenated alkanes) is 1. The van der Waals surface area contributed by atoms with Crippen LogP contribution in [0.1, 0.15) is 58.2 Å². The van der Waals surface area contributed by atoms with E-state index in [4.69, 9.17) is 5.73 Å². The molecule has 2 atom stereocenters. The first-order valence-corrected chi connectivity index (χ1v) is 6.90. The Bertz CT molecular complexity index is 373. The lowest BCUT2D eigenvalue weighted by molar-refractivity contribution is -0.119. The van der Waals surface area contributed by atoms with Crippen molar-refractivity contribution in [2.75, 3.05) is 0 Å². The number of carbonyl (C=O) groups is 1. The summed E-state index contributed by atoms with van der Waals surface area (Å²) in [5.74, 6) is 0.0952. The van der Waals surface area contributed by atoms with Gasteiger partial charge in [0.25, 0.3) is 0 Å². The lowest BCUT2D eigenvalue weighted by atomic mass is 10.0. The van der Waals surface area contributed by atoms with Crippen LogP contribution in [0.3, 0.4) is 0 Å². The first kappa shape index (κ1) is 14.9. The number of ketones is 1. The summed E-state index contributed by atoms with van der Waals surface area (Å²) in [7, 11) is 0. The number of nitrogens with zero attached hydrogens (tertiary/aromatic N) is 2. The van der Waals surface area contributed by atoms with Gasteiger partial charge in [-0.1, -0.05) is 26.7 Å². The molecule has 0 saturated heterocycles. The fourth-order valence-electron chi connectivity index (χ4n) is 1.80. The number of aromatic nitrogens is 2. The fraction of sp³-hybridized carbons (Fsp3) is 0.714. The Morgan fingerprint density at radius 2 is 2.22 bits per heavy atom. The van der Waals surface area contributed by atoms with Crippen molar-refractivity contribution in [1.82, 2.24) is 9.78 Å². The molecule has 0 aliphatic carbocycles. The molecule has 1 heterocycles. The van der Waals surface area contributed by atoms with Crippen LogP contribution in [0.5, 0.6) is 0 Å². The van der Waals surface area contributed by atoms with Crippen molar-refractivity contribution in [2.45, 2.75) is 65.0 Å².